The van der Waals surface area contributed by atoms with E-state index >= 15 is 0 Å². The van der Waals surface area contributed by atoms with Crippen LogP contribution in [0.3, 0.4) is 0 Å². The number of hydrogen-bond acceptors (Lipinski definition) is 6. The third-order valence-electron chi connectivity index (χ3n) is 6.67. The summed E-state index contributed by atoms with van der Waals surface area (Å²) < 4.78 is 15.1. The van der Waals surface area contributed by atoms with Gasteiger partial charge in [0.05, 0.1) is 18.3 Å². The zero-order valence-corrected chi connectivity index (χ0v) is 23.2. The highest BCUT2D eigenvalue weighted by Gasteiger charge is 2.26. The van der Waals surface area contributed by atoms with Gasteiger partial charge in [0, 0.05) is 53.8 Å². The van der Waals surface area contributed by atoms with Gasteiger partial charge in [-0.15, -0.1) is 0 Å². The molecule has 39 heavy (non-hydrogen) atoms. The number of hydrogen-bond donors (Lipinski definition) is 1. The predicted molar refractivity (Wildman–Crippen MR) is 150 cm³/mol. The number of nitrogens with one attached hydrogen (secondary N) is 1. The molecule has 0 fully saturated rings. The highest BCUT2D eigenvalue weighted by molar-refractivity contribution is 6.30. The highest BCUT2D eigenvalue weighted by Crippen LogP contribution is 2.33. The van der Waals surface area contributed by atoms with Gasteiger partial charge in [-0.1, -0.05) is 17.7 Å². The fourth-order valence-electron chi connectivity index (χ4n) is 4.77. The summed E-state index contributed by atoms with van der Waals surface area (Å²) in [6.07, 6.45) is 5.89. The van der Waals surface area contributed by atoms with Gasteiger partial charge in [-0.05, 0) is 69.0 Å². The van der Waals surface area contributed by atoms with Crippen molar-refractivity contribution < 1.29 is 14.3 Å². The quantitative estimate of drug-likeness (QED) is 0.361. The van der Waals surface area contributed by atoms with Crippen LogP contribution in [0.25, 0.3) is 16.8 Å². The lowest BCUT2D eigenvalue weighted by molar-refractivity contribution is -0.120. The number of nitrogens with zero attached hydrogens (tertiary/aromatic N) is 4. The maximum atomic E-state index is 13.7. The number of anilines is 1. The topological polar surface area (TPSA) is 99.8 Å². The minimum atomic E-state index is -0.819. The number of benzene rings is 1. The Kier molecular flexibility index (Phi) is 7.57. The van der Waals surface area contributed by atoms with E-state index in [1.165, 1.54) is 10.9 Å². The first kappa shape index (κ1) is 27.1. The first-order valence-corrected chi connectivity index (χ1v) is 13.3. The molecule has 0 unspecified atom stereocenters. The molecule has 0 aliphatic carbocycles. The van der Waals surface area contributed by atoms with Crippen molar-refractivity contribution >= 4 is 28.8 Å². The van der Waals surface area contributed by atoms with Crippen LogP contribution in [0.2, 0.25) is 5.02 Å². The van der Waals surface area contributed by atoms with E-state index < -0.39 is 6.04 Å². The van der Waals surface area contributed by atoms with Crippen molar-refractivity contribution in [3.63, 3.8) is 0 Å². The van der Waals surface area contributed by atoms with E-state index in [0.29, 0.717) is 42.4 Å². The Bertz CT molecular complexity index is 1570. The van der Waals surface area contributed by atoms with Crippen molar-refractivity contribution in [3.8, 4) is 11.1 Å². The summed E-state index contributed by atoms with van der Waals surface area (Å²) in [5.41, 5.74) is 4.02. The fraction of sp³-hybridized carbons (Fsp3) is 0.379. The largest absolute Gasteiger partial charge is 0.376 e. The van der Waals surface area contributed by atoms with Gasteiger partial charge in [0.2, 0.25) is 5.91 Å². The van der Waals surface area contributed by atoms with E-state index in [1.54, 1.807) is 35.1 Å². The van der Waals surface area contributed by atoms with E-state index in [2.05, 4.69) is 15.4 Å². The minimum absolute atomic E-state index is 0.0233. The summed E-state index contributed by atoms with van der Waals surface area (Å²) in [7, 11) is 0. The molecule has 10 heteroatoms. The lowest BCUT2D eigenvalue weighted by Crippen LogP contribution is -2.35. The molecule has 1 amide bonds. The molecule has 1 aliphatic heterocycles. The molecule has 9 nitrogen and oxygen atoms in total. The average molecular weight is 550 g/mol. The third-order valence-corrected chi connectivity index (χ3v) is 6.90. The molecule has 0 saturated carbocycles. The Morgan fingerprint density at radius 2 is 2.00 bits per heavy atom. The zero-order chi connectivity index (χ0) is 27.7. The molecule has 0 saturated heterocycles. The van der Waals surface area contributed by atoms with Gasteiger partial charge >= 0.3 is 0 Å². The third kappa shape index (κ3) is 6.21. The maximum absolute atomic E-state index is 13.7. The van der Waals surface area contributed by atoms with Gasteiger partial charge in [0.15, 0.2) is 5.65 Å². The number of halogens is 1. The van der Waals surface area contributed by atoms with E-state index in [0.717, 1.165) is 22.3 Å². The summed E-state index contributed by atoms with van der Waals surface area (Å²) >= 11 is 6.35. The van der Waals surface area contributed by atoms with Crippen molar-refractivity contribution in [2.75, 3.05) is 11.9 Å². The molecule has 0 radical (unpaired) electrons. The van der Waals surface area contributed by atoms with Gasteiger partial charge in [-0.2, -0.15) is 5.10 Å². The van der Waals surface area contributed by atoms with E-state index in [1.807, 2.05) is 45.9 Å². The molecule has 2 atom stereocenters. The first-order chi connectivity index (χ1) is 18.6. The van der Waals surface area contributed by atoms with E-state index in [-0.39, 0.29) is 23.2 Å². The zero-order valence-electron chi connectivity index (χ0n) is 22.5. The van der Waals surface area contributed by atoms with Gasteiger partial charge in [-0.3, -0.25) is 9.59 Å². The number of carbonyl (C=O) groups excluding carboxylic acids is 1. The van der Waals surface area contributed by atoms with E-state index in [4.69, 9.17) is 21.1 Å². The number of amides is 1. The lowest BCUT2D eigenvalue weighted by atomic mass is 9.92. The molecule has 204 valence electrons. The van der Waals surface area contributed by atoms with Crippen LogP contribution in [0.4, 0.5) is 5.69 Å². The Hall–Kier alpha value is -3.53. The van der Waals surface area contributed by atoms with Gasteiger partial charge < -0.3 is 19.4 Å². The molecule has 3 aromatic heterocycles. The number of aromatic nitrogens is 4. The molecule has 4 heterocycles. The van der Waals surface area contributed by atoms with Crippen molar-refractivity contribution in [3.05, 3.63) is 81.6 Å². The minimum Gasteiger partial charge on any atom is -0.376 e. The SMILES string of the molecule is C[C@@H]1Cc2ccc(Cl)cc2-c2cc(=O)n([C@@H](CCOC(C)(C)C)C(=O)Nc3ccn4ncnc4c3)cc2CO1. The van der Waals surface area contributed by atoms with Crippen LogP contribution in [0.15, 0.2) is 59.9 Å². The van der Waals surface area contributed by atoms with Gasteiger partial charge in [0.1, 0.15) is 12.4 Å². The summed E-state index contributed by atoms with van der Waals surface area (Å²) in [6.45, 7) is 8.47. The fourth-order valence-corrected chi connectivity index (χ4v) is 4.94. The number of fused-ring (bicyclic) bond motifs is 4. The first-order valence-electron chi connectivity index (χ1n) is 13.0. The summed E-state index contributed by atoms with van der Waals surface area (Å²) in [4.78, 5) is 31.4. The van der Waals surface area contributed by atoms with Crippen LogP contribution in [-0.2, 0) is 27.3 Å². The van der Waals surface area contributed by atoms with Gasteiger partial charge in [-0.25, -0.2) is 9.50 Å². The number of carbonyl (C=O) groups is 1. The highest BCUT2D eigenvalue weighted by atomic mass is 35.5. The average Bonchev–Trinajstić information content (AvgIpc) is 3.33. The standard InChI is InChI=1S/C29H32ClN5O4/c1-18-11-19-5-6-21(30)12-23(19)24-14-27(36)34(15-20(24)16-38-18)25(8-10-39-29(2,3)4)28(37)33-22-7-9-35-26(13-22)31-17-32-35/h5-7,9,12-15,17-18,25H,8,10-11,16H2,1-4H3,(H,33,37)/t18-,25+/m1/s1. The smallest absolute Gasteiger partial charge is 0.251 e. The molecule has 1 N–H and O–H groups in total. The predicted octanol–water partition coefficient (Wildman–Crippen LogP) is 5.06. The van der Waals surface area contributed by atoms with Crippen molar-refractivity contribution in [2.24, 2.45) is 0 Å². The molecule has 1 aromatic carbocycles. The summed E-state index contributed by atoms with van der Waals surface area (Å²) in [5, 5.41) is 7.63. The normalized spacial score (nSPS) is 16.2. The lowest BCUT2D eigenvalue weighted by Gasteiger charge is -2.26. The Morgan fingerprint density at radius 1 is 1.21 bits per heavy atom. The molecular formula is C29H32ClN5O4. The van der Waals surface area contributed by atoms with Crippen LogP contribution in [0, 0.1) is 0 Å². The summed E-state index contributed by atoms with van der Waals surface area (Å²) in [5.74, 6) is -0.331. The maximum Gasteiger partial charge on any atom is 0.251 e. The second-order valence-electron chi connectivity index (χ2n) is 10.8. The second-order valence-corrected chi connectivity index (χ2v) is 11.3. The van der Waals surface area contributed by atoms with Crippen LogP contribution < -0.4 is 10.9 Å². The summed E-state index contributed by atoms with van der Waals surface area (Å²) in [6, 6.07) is 9.94. The Labute approximate surface area is 231 Å². The van der Waals surface area contributed by atoms with Crippen LogP contribution in [0.5, 0.6) is 0 Å². The van der Waals surface area contributed by atoms with Crippen molar-refractivity contribution in [2.45, 2.75) is 64.9 Å². The van der Waals surface area contributed by atoms with Crippen molar-refractivity contribution in [1.82, 2.24) is 19.2 Å². The Morgan fingerprint density at radius 3 is 2.79 bits per heavy atom. The second kappa shape index (κ2) is 10.9. The van der Waals surface area contributed by atoms with Crippen molar-refractivity contribution in [1.29, 1.82) is 0 Å². The molecule has 4 aromatic rings. The van der Waals surface area contributed by atoms with Gasteiger partial charge in [0.25, 0.3) is 5.56 Å². The van der Waals surface area contributed by atoms with Crippen LogP contribution in [-0.4, -0.2) is 43.4 Å². The number of pyridine rings is 2. The molecular weight excluding hydrogens is 518 g/mol. The monoisotopic (exact) mass is 549 g/mol. The molecule has 0 spiro atoms. The molecule has 5 rings (SSSR count). The molecule has 1 aliphatic rings. The Balaban J connectivity index is 1.53. The number of ether oxygens (including phenoxy) is 2. The van der Waals surface area contributed by atoms with Crippen LogP contribution >= 0.6 is 11.6 Å². The van der Waals surface area contributed by atoms with E-state index in [9.17, 15) is 9.59 Å². The number of rotatable bonds is 6. The molecule has 0 bridgehead atoms. The van der Waals surface area contributed by atoms with Crippen LogP contribution in [0.1, 0.15) is 51.3 Å².